The molecule has 2 heterocycles. The Morgan fingerprint density at radius 2 is 2.00 bits per heavy atom. The lowest BCUT2D eigenvalue weighted by atomic mass is 10.1. The second kappa shape index (κ2) is 6.10. The summed E-state index contributed by atoms with van der Waals surface area (Å²) in [6.45, 7) is 5.43. The number of rotatable bonds is 2. The van der Waals surface area contributed by atoms with Crippen molar-refractivity contribution in [2.24, 2.45) is 0 Å². The largest absolute Gasteiger partial charge is 0.443 e. The third-order valence-electron chi connectivity index (χ3n) is 3.73. The molecule has 2 atom stereocenters. The summed E-state index contributed by atoms with van der Waals surface area (Å²) in [6.07, 6.45) is 1.29. The molecule has 116 valence electrons. The molecule has 1 fully saturated rings. The summed E-state index contributed by atoms with van der Waals surface area (Å²) in [4.78, 5) is 18.7. The highest BCUT2D eigenvalue weighted by Crippen LogP contribution is 2.30. The van der Waals surface area contributed by atoms with Crippen molar-refractivity contribution >= 4 is 17.5 Å². The van der Waals surface area contributed by atoms with Gasteiger partial charge in [0.15, 0.2) is 17.8 Å². The highest BCUT2D eigenvalue weighted by Gasteiger charge is 2.29. The summed E-state index contributed by atoms with van der Waals surface area (Å²) in [7, 11) is 0. The normalized spacial score (nSPS) is 21.9. The number of aromatic nitrogens is 1. The van der Waals surface area contributed by atoms with Gasteiger partial charge in [-0.15, -0.1) is 0 Å². The number of nitrogens with zero attached hydrogens (tertiary/aromatic N) is 2. The van der Waals surface area contributed by atoms with Crippen LogP contribution in [-0.4, -0.2) is 41.0 Å². The summed E-state index contributed by atoms with van der Waals surface area (Å²) in [5.41, 5.74) is 0.996. The molecule has 3 rings (SSSR count). The molecule has 0 spiro atoms. The number of amides is 1. The van der Waals surface area contributed by atoms with E-state index in [4.69, 9.17) is 16.0 Å². The molecule has 1 aliphatic heterocycles. The Morgan fingerprint density at radius 1 is 1.32 bits per heavy atom. The van der Waals surface area contributed by atoms with Crippen LogP contribution < -0.4 is 5.32 Å². The smallest absolute Gasteiger partial charge is 0.276 e. The van der Waals surface area contributed by atoms with Crippen molar-refractivity contribution in [3.05, 3.63) is 41.4 Å². The Bertz CT molecular complexity index is 676. The first-order valence-electron chi connectivity index (χ1n) is 7.30. The molecule has 0 radical (unpaired) electrons. The van der Waals surface area contributed by atoms with Crippen molar-refractivity contribution in [2.75, 3.05) is 13.1 Å². The van der Waals surface area contributed by atoms with Crippen molar-refractivity contribution in [1.82, 2.24) is 15.2 Å². The standard InChI is InChI=1S/C16H18ClN3O2/c1-10-7-20(8-11(2)19-10)16(21)14-15(22-9-18-14)12-5-3-4-6-13(12)17/h3-6,9-11,19H,7-8H2,1-2H3. The first-order valence-corrected chi connectivity index (χ1v) is 7.67. The van der Waals surface area contributed by atoms with E-state index in [9.17, 15) is 4.79 Å². The van der Waals surface area contributed by atoms with E-state index < -0.39 is 0 Å². The average Bonchev–Trinajstić information content (AvgIpc) is 2.95. The maximum atomic E-state index is 12.8. The van der Waals surface area contributed by atoms with E-state index in [2.05, 4.69) is 24.1 Å². The zero-order valence-electron chi connectivity index (χ0n) is 12.5. The Morgan fingerprint density at radius 3 is 2.68 bits per heavy atom. The number of carbonyl (C=O) groups excluding carboxylic acids is 1. The molecule has 2 unspecified atom stereocenters. The quantitative estimate of drug-likeness (QED) is 0.924. The second-order valence-corrected chi connectivity index (χ2v) is 6.10. The summed E-state index contributed by atoms with van der Waals surface area (Å²) < 4.78 is 5.44. The van der Waals surface area contributed by atoms with Crippen LogP contribution in [0, 0.1) is 0 Å². The van der Waals surface area contributed by atoms with Gasteiger partial charge in [-0.05, 0) is 26.0 Å². The van der Waals surface area contributed by atoms with Gasteiger partial charge in [-0.3, -0.25) is 4.79 Å². The van der Waals surface area contributed by atoms with Crippen LogP contribution in [0.2, 0.25) is 5.02 Å². The number of oxazole rings is 1. The van der Waals surface area contributed by atoms with E-state index in [1.165, 1.54) is 6.39 Å². The van der Waals surface area contributed by atoms with Gasteiger partial charge < -0.3 is 14.6 Å². The van der Waals surface area contributed by atoms with E-state index >= 15 is 0 Å². The lowest BCUT2D eigenvalue weighted by Crippen LogP contribution is -2.55. The van der Waals surface area contributed by atoms with Gasteiger partial charge in [0.2, 0.25) is 0 Å². The van der Waals surface area contributed by atoms with Gasteiger partial charge in [0.25, 0.3) is 5.91 Å². The van der Waals surface area contributed by atoms with E-state index in [-0.39, 0.29) is 18.0 Å². The van der Waals surface area contributed by atoms with Crippen LogP contribution in [0.1, 0.15) is 24.3 Å². The summed E-state index contributed by atoms with van der Waals surface area (Å²) >= 11 is 6.20. The van der Waals surface area contributed by atoms with Crippen molar-refractivity contribution in [3.63, 3.8) is 0 Å². The topological polar surface area (TPSA) is 58.4 Å². The zero-order chi connectivity index (χ0) is 15.7. The maximum Gasteiger partial charge on any atom is 0.276 e. The number of piperazine rings is 1. The Balaban J connectivity index is 1.92. The van der Waals surface area contributed by atoms with Crippen molar-refractivity contribution in [1.29, 1.82) is 0 Å². The SMILES string of the molecule is CC1CN(C(=O)c2ncoc2-c2ccccc2Cl)CC(C)N1. The van der Waals surface area contributed by atoms with Gasteiger partial charge in [-0.1, -0.05) is 23.7 Å². The maximum absolute atomic E-state index is 12.8. The molecule has 0 bridgehead atoms. The first-order chi connectivity index (χ1) is 10.6. The van der Waals surface area contributed by atoms with Crippen LogP contribution in [0.15, 0.2) is 35.1 Å². The molecule has 5 nitrogen and oxygen atoms in total. The highest BCUT2D eigenvalue weighted by atomic mass is 35.5. The number of hydrogen-bond donors (Lipinski definition) is 1. The molecular formula is C16H18ClN3O2. The van der Waals surface area contributed by atoms with Gasteiger partial charge in [0, 0.05) is 30.7 Å². The predicted octanol–water partition coefficient (Wildman–Crippen LogP) is 2.82. The molecule has 1 aromatic carbocycles. The summed E-state index contributed by atoms with van der Waals surface area (Å²) in [5.74, 6) is 0.304. The number of carbonyl (C=O) groups is 1. The minimum Gasteiger partial charge on any atom is -0.443 e. The second-order valence-electron chi connectivity index (χ2n) is 5.69. The molecule has 0 aliphatic carbocycles. The van der Waals surface area contributed by atoms with Gasteiger partial charge in [0.1, 0.15) is 0 Å². The number of hydrogen-bond acceptors (Lipinski definition) is 4. The number of halogens is 1. The molecular weight excluding hydrogens is 302 g/mol. The number of nitrogens with one attached hydrogen (secondary N) is 1. The molecule has 2 aromatic rings. The molecule has 1 aliphatic rings. The molecule has 22 heavy (non-hydrogen) atoms. The third kappa shape index (κ3) is 2.87. The number of benzene rings is 1. The predicted molar refractivity (Wildman–Crippen MR) is 84.9 cm³/mol. The van der Waals surface area contributed by atoms with Crippen LogP contribution in [0.3, 0.4) is 0 Å². The third-order valence-corrected chi connectivity index (χ3v) is 4.06. The summed E-state index contributed by atoms with van der Waals surface area (Å²) in [5, 5.41) is 3.94. The van der Waals surface area contributed by atoms with Gasteiger partial charge in [-0.25, -0.2) is 4.98 Å². The van der Waals surface area contributed by atoms with Crippen molar-refractivity contribution in [2.45, 2.75) is 25.9 Å². The molecule has 1 amide bonds. The fourth-order valence-corrected chi connectivity index (χ4v) is 3.10. The van der Waals surface area contributed by atoms with E-state index in [1.807, 2.05) is 23.1 Å². The molecule has 6 heteroatoms. The average molecular weight is 320 g/mol. The molecule has 0 saturated carbocycles. The molecule has 1 aromatic heterocycles. The minimum absolute atomic E-state index is 0.121. The van der Waals surface area contributed by atoms with Crippen molar-refractivity contribution in [3.8, 4) is 11.3 Å². The van der Waals surface area contributed by atoms with E-state index in [1.54, 1.807) is 6.07 Å². The monoisotopic (exact) mass is 319 g/mol. The lowest BCUT2D eigenvalue weighted by molar-refractivity contribution is 0.0669. The van der Waals surface area contributed by atoms with Gasteiger partial charge in [0.05, 0.1) is 5.02 Å². The van der Waals surface area contributed by atoms with Gasteiger partial charge >= 0.3 is 0 Å². The zero-order valence-corrected chi connectivity index (χ0v) is 13.3. The van der Waals surface area contributed by atoms with E-state index in [0.717, 1.165) is 0 Å². The van der Waals surface area contributed by atoms with Crippen LogP contribution in [-0.2, 0) is 0 Å². The van der Waals surface area contributed by atoms with E-state index in [0.29, 0.717) is 35.1 Å². The van der Waals surface area contributed by atoms with Crippen LogP contribution in [0.25, 0.3) is 11.3 Å². The van der Waals surface area contributed by atoms with Gasteiger partial charge in [-0.2, -0.15) is 0 Å². The minimum atomic E-state index is -0.121. The lowest BCUT2D eigenvalue weighted by Gasteiger charge is -2.35. The Labute approximate surface area is 134 Å². The fourth-order valence-electron chi connectivity index (χ4n) is 2.88. The van der Waals surface area contributed by atoms with Crippen molar-refractivity contribution < 1.29 is 9.21 Å². The molecule has 1 N–H and O–H groups in total. The Kier molecular flexibility index (Phi) is 4.18. The Hall–Kier alpha value is -1.85. The van der Waals surface area contributed by atoms with Crippen LogP contribution in [0.4, 0.5) is 0 Å². The molecule has 1 saturated heterocycles. The highest BCUT2D eigenvalue weighted by molar-refractivity contribution is 6.33. The first kappa shape index (κ1) is 15.1. The fraction of sp³-hybridized carbons (Fsp3) is 0.375. The van der Waals surface area contributed by atoms with Crippen LogP contribution >= 0.6 is 11.6 Å². The van der Waals surface area contributed by atoms with Crippen LogP contribution in [0.5, 0.6) is 0 Å². The summed E-state index contributed by atoms with van der Waals surface area (Å²) in [6, 6.07) is 7.79.